The number of carbonyl (C=O) groups excluding carboxylic acids is 2. The van der Waals surface area contributed by atoms with Crippen LogP contribution in [0.15, 0.2) is 35.8 Å². The van der Waals surface area contributed by atoms with Crippen molar-refractivity contribution < 1.29 is 19.1 Å². The number of nitrogens with one attached hydrogen (secondary N) is 1. The summed E-state index contributed by atoms with van der Waals surface area (Å²) < 4.78 is 11.4. The number of amides is 1. The minimum absolute atomic E-state index is 0.0223. The van der Waals surface area contributed by atoms with Gasteiger partial charge in [0.1, 0.15) is 6.10 Å². The molecule has 3 heterocycles. The van der Waals surface area contributed by atoms with Crippen LogP contribution in [0.25, 0.3) is 0 Å². The van der Waals surface area contributed by atoms with Crippen LogP contribution in [0, 0.1) is 0 Å². The largest absolute Gasteiger partial charge is 0.379 e. The number of Topliss-reactive ketones (excluding diaryl/α,β-unsaturated/α-hetero) is 1. The number of hydrogen-bond acceptors (Lipinski definition) is 6. The summed E-state index contributed by atoms with van der Waals surface area (Å²) in [6.45, 7) is 2.96. The third-order valence-electron chi connectivity index (χ3n) is 4.19. The molecule has 2 atom stereocenters. The smallest absolute Gasteiger partial charge is 0.224 e. The highest BCUT2D eigenvalue weighted by molar-refractivity contribution is 7.12. The first-order chi connectivity index (χ1) is 12.6. The molecule has 1 fully saturated rings. The van der Waals surface area contributed by atoms with E-state index in [1.165, 1.54) is 18.3 Å². The van der Waals surface area contributed by atoms with Crippen LogP contribution in [0.5, 0.6) is 0 Å². The van der Waals surface area contributed by atoms with Crippen molar-refractivity contribution in [1.29, 1.82) is 0 Å². The lowest BCUT2D eigenvalue weighted by Crippen LogP contribution is -2.50. The molecule has 0 aliphatic carbocycles. The number of hydrogen-bond donors (Lipinski definition) is 1. The molecule has 26 heavy (non-hydrogen) atoms. The normalized spacial score (nSPS) is 19.9. The van der Waals surface area contributed by atoms with Crippen molar-refractivity contribution in [2.24, 2.45) is 0 Å². The molecular formula is C19H22N2O4S. The van der Waals surface area contributed by atoms with Crippen LogP contribution in [0.2, 0.25) is 0 Å². The zero-order valence-electron chi connectivity index (χ0n) is 14.6. The van der Waals surface area contributed by atoms with Crippen LogP contribution >= 0.6 is 11.3 Å². The monoisotopic (exact) mass is 374 g/mol. The summed E-state index contributed by atoms with van der Waals surface area (Å²) in [6, 6.07) is 7.37. The molecular weight excluding hydrogens is 352 g/mol. The van der Waals surface area contributed by atoms with Gasteiger partial charge in [-0.05, 0) is 42.5 Å². The summed E-state index contributed by atoms with van der Waals surface area (Å²) in [7, 11) is 0. The van der Waals surface area contributed by atoms with Gasteiger partial charge in [0, 0.05) is 12.8 Å². The maximum atomic E-state index is 12.4. The number of carbonyl (C=O) groups is 2. The second-order valence-electron chi connectivity index (χ2n) is 6.26. The van der Waals surface area contributed by atoms with Gasteiger partial charge in [-0.1, -0.05) is 6.07 Å². The van der Waals surface area contributed by atoms with E-state index < -0.39 is 0 Å². The SMILES string of the molecule is CC(=O)c1cc(CC(=O)NC2CCOCC2OCc2ccccn2)cs1. The van der Waals surface area contributed by atoms with Gasteiger partial charge in [0.25, 0.3) is 0 Å². The lowest BCUT2D eigenvalue weighted by molar-refractivity contribution is -0.126. The fourth-order valence-corrected chi connectivity index (χ4v) is 3.63. The van der Waals surface area contributed by atoms with Crippen molar-refractivity contribution in [1.82, 2.24) is 10.3 Å². The Morgan fingerprint density at radius 3 is 3.04 bits per heavy atom. The molecule has 1 N–H and O–H groups in total. The summed E-state index contributed by atoms with van der Waals surface area (Å²) >= 11 is 1.37. The Morgan fingerprint density at radius 1 is 1.42 bits per heavy atom. The summed E-state index contributed by atoms with van der Waals surface area (Å²) in [5, 5.41) is 4.90. The lowest BCUT2D eigenvalue weighted by Gasteiger charge is -2.32. The second-order valence-corrected chi connectivity index (χ2v) is 7.17. The molecule has 6 nitrogen and oxygen atoms in total. The van der Waals surface area contributed by atoms with Gasteiger partial charge < -0.3 is 14.8 Å². The maximum Gasteiger partial charge on any atom is 0.224 e. The predicted octanol–water partition coefficient (Wildman–Crippen LogP) is 2.38. The van der Waals surface area contributed by atoms with Crippen molar-refractivity contribution in [3.05, 3.63) is 52.0 Å². The van der Waals surface area contributed by atoms with Crippen molar-refractivity contribution >= 4 is 23.0 Å². The first-order valence-corrected chi connectivity index (χ1v) is 9.47. The molecule has 2 unspecified atom stereocenters. The Hall–Kier alpha value is -2.09. The molecule has 1 aliphatic rings. The van der Waals surface area contributed by atoms with Gasteiger partial charge in [0.05, 0.1) is 36.2 Å². The van der Waals surface area contributed by atoms with Gasteiger partial charge in [-0.15, -0.1) is 11.3 Å². The van der Waals surface area contributed by atoms with E-state index in [0.717, 1.165) is 11.3 Å². The van der Waals surface area contributed by atoms with Crippen molar-refractivity contribution in [3.8, 4) is 0 Å². The minimum atomic E-state index is -0.204. The Morgan fingerprint density at radius 2 is 2.31 bits per heavy atom. The lowest BCUT2D eigenvalue weighted by atomic mass is 10.1. The molecule has 1 aliphatic heterocycles. The van der Waals surface area contributed by atoms with Gasteiger partial charge in [-0.25, -0.2) is 0 Å². The molecule has 3 rings (SSSR count). The average molecular weight is 374 g/mol. The summed E-state index contributed by atoms with van der Waals surface area (Å²) in [5.41, 5.74) is 1.70. The van der Waals surface area contributed by atoms with Crippen LogP contribution in [-0.4, -0.2) is 42.0 Å². The van der Waals surface area contributed by atoms with E-state index in [0.29, 0.717) is 31.1 Å². The molecule has 2 aromatic heterocycles. The van der Waals surface area contributed by atoms with Crippen molar-refractivity contribution in [2.45, 2.75) is 38.5 Å². The third-order valence-corrected chi connectivity index (χ3v) is 5.27. The standard InChI is InChI=1S/C19H22N2O4S/c1-13(22)18-8-14(12-26-18)9-19(23)21-16-5-7-24-11-17(16)25-10-15-4-2-3-6-20-15/h2-4,6,8,12,16-17H,5,7,9-11H2,1H3,(H,21,23). The van der Waals surface area contributed by atoms with E-state index in [2.05, 4.69) is 10.3 Å². The van der Waals surface area contributed by atoms with Crippen molar-refractivity contribution in [3.63, 3.8) is 0 Å². The van der Waals surface area contributed by atoms with Gasteiger partial charge in [0.2, 0.25) is 5.91 Å². The van der Waals surface area contributed by atoms with Gasteiger partial charge in [-0.3, -0.25) is 14.6 Å². The second kappa shape index (κ2) is 9.02. The summed E-state index contributed by atoms with van der Waals surface area (Å²) in [4.78, 5) is 28.7. The third kappa shape index (κ3) is 5.20. The van der Waals surface area contributed by atoms with E-state index >= 15 is 0 Å². The highest BCUT2D eigenvalue weighted by Crippen LogP contribution is 2.17. The minimum Gasteiger partial charge on any atom is -0.379 e. The Balaban J connectivity index is 1.53. The highest BCUT2D eigenvalue weighted by atomic mass is 32.1. The summed E-state index contributed by atoms with van der Waals surface area (Å²) in [6.07, 6.45) is 2.49. The average Bonchev–Trinajstić information content (AvgIpc) is 3.10. The van der Waals surface area contributed by atoms with Crippen LogP contribution in [0.4, 0.5) is 0 Å². The first-order valence-electron chi connectivity index (χ1n) is 8.59. The van der Waals surface area contributed by atoms with Crippen LogP contribution in [0.3, 0.4) is 0 Å². The summed E-state index contributed by atoms with van der Waals surface area (Å²) in [5.74, 6) is -0.0506. The van der Waals surface area contributed by atoms with Crippen LogP contribution in [0.1, 0.15) is 34.3 Å². The van der Waals surface area contributed by atoms with E-state index in [1.807, 2.05) is 23.6 Å². The number of aromatic nitrogens is 1. The van der Waals surface area contributed by atoms with E-state index in [-0.39, 0.29) is 30.3 Å². The fraction of sp³-hybridized carbons (Fsp3) is 0.421. The zero-order valence-corrected chi connectivity index (χ0v) is 15.5. The quantitative estimate of drug-likeness (QED) is 0.753. The molecule has 0 radical (unpaired) electrons. The van der Waals surface area contributed by atoms with Gasteiger partial charge in [-0.2, -0.15) is 0 Å². The number of nitrogens with zero attached hydrogens (tertiary/aromatic N) is 1. The van der Waals surface area contributed by atoms with E-state index in [1.54, 1.807) is 12.3 Å². The zero-order chi connectivity index (χ0) is 18.4. The number of ether oxygens (including phenoxy) is 2. The number of ketones is 1. The predicted molar refractivity (Wildman–Crippen MR) is 98.2 cm³/mol. The van der Waals surface area contributed by atoms with Crippen LogP contribution in [-0.2, 0) is 27.3 Å². The molecule has 1 saturated heterocycles. The first kappa shape index (κ1) is 18.7. The molecule has 2 aromatic rings. The molecule has 1 amide bonds. The number of pyridine rings is 1. The Bertz CT molecular complexity index is 747. The molecule has 0 spiro atoms. The molecule has 0 saturated carbocycles. The van der Waals surface area contributed by atoms with Gasteiger partial charge in [0.15, 0.2) is 5.78 Å². The number of thiophene rings is 1. The van der Waals surface area contributed by atoms with Crippen LogP contribution < -0.4 is 5.32 Å². The maximum absolute atomic E-state index is 12.4. The Labute approximate surface area is 156 Å². The molecule has 0 aromatic carbocycles. The van der Waals surface area contributed by atoms with Crippen molar-refractivity contribution in [2.75, 3.05) is 13.2 Å². The number of rotatable bonds is 7. The Kier molecular flexibility index (Phi) is 6.49. The highest BCUT2D eigenvalue weighted by Gasteiger charge is 2.28. The van der Waals surface area contributed by atoms with E-state index in [4.69, 9.17) is 9.47 Å². The van der Waals surface area contributed by atoms with Gasteiger partial charge >= 0.3 is 0 Å². The molecule has 0 bridgehead atoms. The molecule has 7 heteroatoms. The van der Waals surface area contributed by atoms with E-state index in [9.17, 15) is 9.59 Å². The topological polar surface area (TPSA) is 77.5 Å². The molecule has 138 valence electrons. The fourth-order valence-electron chi connectivity index (χ4n) is 2.81.